The van der Waals surface area contributed by atoms with Crippen molar-refractivity contribution in [1.82, 2.24) is 20.1 Å². The number of aliphatic carboxylic acids is 1. The van der Waals surface area contributed by atoms with Gasteiger partial charge in [-0.3, -0.25) is 14.3 Å². The van der Waals surface area contributed by atoms with Gasteiger partial charge in [0.25, 0.3) is 5.91 Å². The second-order valence-electron chi connectivity index (χ2n) is 4.36. The lowest BCUT2D eigenvalue weighted by atomic mass is 10.3. The average molecular weight is 278 g/mol. The van der Waals surface area contributed by atoms with E-state index in [1.54, 1.807) is 31.0 Å². The van der Waals surface area contributed by atoms with Crippen LogP contribution in [0.25, 0.3) is 11.5 Å². The van der Waals surface area contributed by atoms with Gasteiger partial charge in [-0.15, -0.1) is 0 Å². The number of hydrogen-bond donors (Lipinski definition) is 2. The van der Waals surface area contributed by atoms with Gasteiger partial charge in [0.2, 0.25) is 5.89 Å². The molecular formula is C12H14N4O4. The number of rotatable bonds is 4. The molecule has 0 radical (unpaired) electrons. The van der Waals surface area contributed by atoms with E-state index in [9.17, 15) is 9.59 Å². The molecule has 8 nitrogen and oxygen atoms in total. The predicted molar refractivity (Wildman–Crippen MR) is 68.0 cm³/mol. The molecule has 0 aromatic carbocycles. The predicted octanol–water partition coefficient (Wildman–Crippen LogP) is 0.586. The number of nitrogens with zero attached hydrogens (tertiary/aromatic N) is 3. The number of carbonyl (C=O) groups excluding carboxylic acids is 1. The van der Waals surface area contributed by atoms with Gasteiger partial charge < -0.3 is 14.8 Å². The van der Waals surface area contributed by atoms with Crippen LogP contribution in [0.5, 0.6) is 0 Å². The first-order valence-corrected chi connectivity index (χ1v) is 5.88. The SMILES string of the molecule is Cc1oc(-c2cnn(C)c2)nc1C(=O)N[C@H](C)C(=O)O. The van der Waals surface area contributed by atoms with E-state index in [2.05, 4.69) is 15.4 Å². The van der Waals surface area contributed by atoms with Crippen LogP contribution < -0.4 is 5.32 Å². The Hall–Kier alpha value is -2.64. The first-order chi connectivity index (χ1) is 9.38. The van der Waals surface area contributed by atoms with Crippen molar-refractivity contribution in [2.45, 2.75) is 19.9 Å². The van der Waals surface area contributed by atoms with Gasteiger partial charge in [0.15, 0.2) is 5.69 Å². The lowest BCUT2D eigenvalue weighted by Crippen LogP contribution is -2.38. The first-order valence-electron chi connectivity index (χ1n) is 5.88. The fraction of sp³-hybridized carbons (Fsp3) is 0.333. The summed E-state index contributed by atoms with van der Waals surface area (Å²) >= 11 is 0. The first kappa shape index (κ1) is 13.8. The Labute approximate surface area is 114 Å². The van der Waals surface area contributed by atoms with Crippen molar-refractivity contribution in [3.05, 3.63) is 23.8 Å². The van der Waals surface area contributed by atoms with E-state index >= 15 is 0 Å². The Balaban J connectivity index is 2.23. The standard InChI is InChI=1S/C12H14N4O4/c1-6(12(18)19)14-10(17)9-7(2)20-11(15-9)8-4-13-16(3)5-8/h4-6H,1-3H3,(H,14,17)(H,18,19)/t6-/m1/s1. The number of carbonyl (C=O) groups is 2. The topological polar surface area (TPSA) is 110 Å². The average Bonchev–Trinajstić information content (AvgIpc) is 2.95. The minimum atomic E-state index is -1.12. The Bertz CT molecular complexity index is 658. The molecule has 20 heavy (non-hydrogen) atoms. The van der Waals surface area contributed by atoms with Gasteiger partial charge in [-0.1, -0.05) is 0 Å². The van der Waals surface area contributed by atoms with Crippen LogP contribution >= 0.6 is 0 Å². The Morgan fingerprint density at radius 2 is 2.20 bits per heavy atom. The molecule has 0 unspecified atom stereocenters. The third-order valence-electron chi connectivity index (χ3n) is 2.68. The Morgan fingerprint density at radius 1 is 1.50 bits per heavy atom. The minimum Gasteiger partial charge on any atom is -0.480 e. The third kappa shape index (κ3) is 2.68. The normalized spacial score (nSPS) is 12.2. The van der Waals surface area contributed by atoms with E-state index in [0.717, 1.165) is 0 Å². The summed E-state index contributed by atoms with van der Waals surface area (Å²) in [6.45, 7) is 2.96. The summed E-state index contributed by atoms with van der Waals surface area (Å²) in [6.07, 6.45) is 3.26. The highest BCUT2D eigenvalue weighted by Crippen LogP contribution is 2.20. The molecular weight excluding hydrogens is 264 g/mol. The summed E-state index contributed by atoms with van der Waals surface area (Å²) in [7, 11) is 1.75. The molecule has 2 aromatic rings. The minimum absolute atomic E-state index is 0.0666. The Kier molecular flexibility index (Phi) is 3.55. The summed E-state index contributed by atoms with van der Waals surface area (Å²) in [6, 6.07) is -1.000. The van der Waals surface area contributed by atoms with Gasteiger partial charge in [0.05, 0.1) is 11.8 Å². The third-order valence-corrected chi connectivity index (χ3v) is 2.68. The molecule has 0 fully saturated rings. The van der Waals surface area contributed by atoms with Crippen LogP contribution in [0.2, 0.25) is 0 Å². The second-order valence-corrected chi connectivity index (χ2v) is 4.36. The molecule has 0 aliphatic heterocycles. The van der Waals surface area contributed by atoms with Gasteiger partial charge in [-0.2, -0.15) is 5.10 Å². The Morgan fingerprint density at radius 3 is 2.75 bits per heavy atom. The highest BCUT2D eigenvalue weighted by atomic mass is 16.4. The van der Waals surface area contributed by atoms with Crippen molar-refractivity contribution in [3.63, 3.8) is 0 Å². The van der Waals surface area contributed by atoms with Crippen molar-refractivity contribution in [1.29, 1.82) is 0 Å². The van der Waals surface area contributed by atoms with Crippen LogP contribution in [0.4, 0.5) is 0 Å². The number of aryl methyl sites for hydroxylation is 2. The molecule has 0 bridgehead atoms. The molecule has 1 amide bonds. The summed E-state index contributed by atoms with van der Waals surface area (Å²) in [5.41, 5.74) is 0.706. The van der Waals surface area contributed by atoms with E-state index in [0.29, 0.717) is 11.3 Å². The summed E-state index contributed by atoms with van der Waals surface area (Å²) in [5.74, 6) is -1.12. The molecule has 1 atom stereocenters. The number of nitrogens with one attached hydrogen (secondary N) is 1. The number of carboxylic acids is 1. The molecule has 0 aliphatic carbocycles. The molecule has 2 N–H and O–H groups in total. The van der Waals surface area contributed by atoms with Crippen LogP contribution in [-0.4, -0.2) is 37.8 Å². The maximum atomic E-state index is 11.9. The zero-order chi connectivity index (χ0) is 14.9. The maximum absolute atomic E-state index is 11.9. The van der Waals surface area contributed by atoms with E-state index < -0.39 is 17.9 Å². The van der Waals surface area contributed by atoms with Crippen LogP contribution in [-0.2, 0) is 11.8 Å². The van der Waals surface area contributed by atoms with Crippen molar-refractivity contribution in [2.75, 3.05) is 0 Å². The number of hydrogen-bond acceptors (Lipinski definition) is 5. The lowest BCUT2D eigenvalue weighted by molar-refractivity contribution is -0.138. The van der Waals surface area contributed by atoms with Gasteiger partial charge in [-0.05, 0) is 13.8 Å². The monoisotopic (exact) mass is 278 g/mol. The van der Waals surface area contributed by atoms with Crippen LogP contribution in [0.3, 0.4) is 0 Å². The van der Waals surface area contributed by atoms with Gasteiger partial charge in [-0.25, -0.2) is 4.98 Å². The van der Waals surface area contributed by atoms with Crippen molar-refractivity contribution in [2.24, 2.45) is 7.05 Å². The molecule has 0 saturated carbocycles. The summed E-state index contributed by atoms with van der Waals surface area (Å²) < 4.78 is 6.99. The van der Waals surface area contributed by atoms with Crippen LogP contribution in [0.15, 0.2) is 16.8 Å². The van der Waals surface area contributed by atoms with Crippen molar-refractivity contribution >= 4 is 11.9 Å². The van der Waals surface area contributed by atoms with Crippen LogP contribution in [0.1, 0.15) is 23.2 Å². The molecule has 2 heterocycles. The molecule has 106 valence electrons. The molecule has 0 spiro atoms. The van der Waals surface area contributed by atoms with Gasteiger partial charge in [0, 0.05) is 13.2 Å². The summed E-state index contributed by atoms with van der Waals surface area (Å²) in [5, 5.41) is 15.1. The van der Waals surface area contributed by atoms with E-state index in [1.165, 1.54) is 6.92 Å². The lowest BCUT2D eigenvalue weighted by Gasteiger charge is -2.07. The van der Waals surface area contributed by atoms with Crippen molar-refractivity contribution in [3.8, 4) is 11.5 Å². The molecule has 2 rings (SSSR count). The van der Waals surface area contributed by atoms with E-state index in [1.807, 2.05) is 0 Å². The van der Waals surface area contributed by atoms with E-state index in [-0.39, 0.29) is 11.6 Å². The number of carboxylic acid groups (broad SMARTS) is 1. The fourth-order valence-electron chi connectivity index (χ4n) is 1.59. The quantitative estimate of drug-likeness (QED) is 0.846. The summed E-state index contributed by atoms with van der Waals surface area (Å²) in [4.78, 5) is 26.7. The molecule has 2 aromatic heterocycles. The number of aromatic nitrogens is 3. The zero-order valence-corrected chi connectivity index (χ0v) is 11.2. The highest BCUT2D eigenvalue weighted by Gasteiger charge is 2.22. The smallest absolute Gasteiger partial charge is 0.325 e. The number of amides is 1. The van der Waals surface area contributed by atoms with Gasteiger partial charge >= 0.3 is 5.97 Å². The molecule has 0 saturated heterocycles. The van der Waals surface area contributed by atoms with Gasteiger partial charge in [0.1, 0.15) is 11.8 Å². The second kappa shape index (κ2) is 5.16. The number of oxazole rings is 1. The van der Waals surface area contributed by atoms with Crippen LogP contribution in [0, 0.1) is 6.92 Å². The maximum Gasteiger partial charge on any atom is 0.325 e. The fourth-order valence-corrected chi connectivity index (χ4v) is 1.59. The zero-order valence-electron chi connectivity index (χ0n) is 11.2. The molecule has 0 aliphatic rings. The van der Waals surface area contributed by atoms with E-state index in [4.69, 9.17) is 9.52 Å². The largest absolute Gasteiger partial charge is 0.480 e. The highest BCUT2D eigenvalue weighted by molar-refractivity contribution is 5.96. The molecule has 8 heteroatoms. The van der Waals surface area contributed by atoms with Crippen molar-refractivity contribution < 1.29 is 19.1 Å².